The van der Waals surface area contributed by atoms with Gasteiger partial charge in [0.1, 0.15) is 0 Å². The summed E-state index contributed by atoms with van der Waals surface area (Å²) in [6.45, 7) is 7.29. The van der Waals surface area contributed by atoms with Gasteiger partial charge in [0.2, 0.25) is 17.7 Å². The Hall–Kier alpha value is -1.59. The second-order valence-corrected chi connectivity index (χ2v) is 11.2. The van der Waals surface area contributed by atoms with Crippen molar-refractivity contribution in [1.29, 1.82) is 0 Å². The first-order valence-corrected chi connectivity index (χ1v) is 12.2. The van der Waals surface area contributed by atoms with E-state index in [1.54, 1.807) is 0 Å². The molecule has 6 aliphatic rings. The highest BCUT2D eigenvalue weighted by atomic mass is 16.2. The van der Waals surface area contributed by atoms with Gasteiger partial charge < -0.3 is 14.7 Å². The zero-order valence-corrected chi connectivity index (χ0v) is 18.6. The third-order valence-corrected chi connectivity index (χ3v) is 8.72. The molecule has 1 unspecified atom stereocenters. The Balaban J connectivity index is 1.21. The fourth-order valence-electron chi connectivity index (χ4n) is 7.70. The molecular formula is C24H37N3O3. The fraction of sp³-hybridized carbons (Fsp3) is 0.875. The summed E-state index contributed by atoms with van der Waals surface area (Å²) in [7, 11) is 0. The standard InChI is InChI=1S/C24H37N3O3/c1-16(2)27-15-20(11-21(27)28)22(29)25-4-3-5-26(7-6-25)23(30)24-12-17-8-18(13-24)10-19(9-17)14-24/h16-20H,3-15H2,1-2H3. The van der Waals surface area contributed by atoms with Crippen molar-refractivity contribution in [3.8, 4) is 0 Å². The summed E-state index contributed by atoms with van der Waals surface area (Å²) in [5, 5.41) is 0. The molecule has 0 radical (unpaired) electrons. The van der Waals surface area contributed by atoms with Crippen molar-refractivity contribution in [3.05, 3.63) is 0 Å². The topological polar surface area (TPSA) is 60.9 Å². The quantitative estimate of drug-likeness (QED) is 0.712. The average Bonchev–Trinajstić information content (AvgIpc) is 2.92. The first-order chi connectivity index (χ1) is 14.3. The van der Waals surface area contributed by atoms with Crippen LogP contribution in [-0.4, -0.2) is 71.2 Å². The van der Waals surface area contributed by atoms with Gasteiger partial charge in [-0.3, -0.25) is 14.4 Å². The Kier molecular flexibility index (Phi) is 5.10. The summed E-state index contributed by atoms with van der Waals surface area (Å²) < 4.78 is 0. The van der Waals surface area contributed by atoms with Crippen molar-refractivity contribution in [2.45, 2.75) is 71.3 Å². The summed E-state index contributed by atoms with van der Waals surface area (Å²) in [5.74, 6) is 2.69. The minimum absolute atomic E-state index is 0.0937. The lowest BCUT2D eigenvalue weighted by molar-refractivity contribution is -0.157. The molecule has 4 saturated carbocycles. The van der Waals surface area contributed by atoms with Crippen LogP contribution in [0.3, 0.4) is 0 Å². The maximum Gasteiger partial charge on any atom is 0.228 e. The molecule has 1 atom stereocenters. The Morgan fingerprint density at radius 3 is 2.03 bits per heavy atom. The molecule has 6 rings (SSSR count). The van der Waals surface area contributed by atoms with Gasteiger partial charge in [0, 0.05) is 45.2 Å². The molecule has 4 aliphatic carbocycles. The first-order valence-electron chi connectivity index (χ1n) is 12.2. The molecule has 6 nitrogen and oxygen atoms in total. The van der Waals surface area contributed by atoms with Gasteiger partial charge in [-0.25, -0.2) is 0 Å². The molecule has 0 aromatic carbocycles. The highest BCUT2D eigenvalue weighted by molar-refractivity contribution is 5.89. The molecule has 6 heteroatoms. The summed E-state index contributed by atoms with van der Waals surface area (Å²) in [6, 6.07) is 0.146. The zero-order valence-electron chi connectivity index (χ0n) is 18.6. The number of rotatable bonds is 3. The van der Waals surface area contributed by atoms with Gasteiger partial charge in [0.15, 0.2) is 0 Å². The molecule has 4 bridgehead atoms. The van der Waals surface area contributed by atoms with Crippen LogP contribution in [0.4, 0.5) is 0 Å². The molecular weight excluding hydrogens is 378 g/mol. The molecule has 3 amide bonds. The van der Waals surface area contributed by atoms with Crippen LogP contribution in [0.15, 0.2) is 0 Å². The van der Waals surface area contributed by atoms with Gasteiger partial charge >= 0.3 is 0 Å². The molecule has 0 spiro atoms. The zero-order chi connectivity index (χ0) is 21.0. The number of carbonyl (C=O) groups excluding carboxylic acids is 3. The van der Waals surface area contributed by atoms with Crippen molar-refractivity contribution in [1.82, 2.24) is 14.7 Å². The van der Waals surface area contributed by atoms with E-state index in [1.165, 1.54) is 19.3 Å². The lowest BCUT2D eigenvalue weighted by Crippen LogP contribution is -2.55. The molecule has 0 aromatic heterocycles. The Morgan fingerprint density at radius 2 is 1.47 bits per heavy atom. The molecule has 0 N–H and O–H groups in total. The van der Waals surface area contributed by atoms with E-state index in [1.807, 2.05) is 23.6 Å². The summed E-state index contributed by atoms with van der Waals surface area (Å²) in [5.41, 5.74) is -0.0937. The van der Waals surface area contributed by atoms with Crippen LogP contribution in [-0.2, 0) is 14.4 Å². The highest BCUT2D eigenvalue weighted by Gasteiger charge is 2.55. The van der Waals surface area contributed by atoms with Crippen LogP contribution in [0.25, 0.3) is 0 Å². The van der Waals surface area contributed by atoms with E-state index < -0.39 is 0 Å². The maximum atomic E-state index is 13.7. The largest absolute Gasteiger partial charge is 0.341 e. The number of nitrogens with zero attached hydrogens (tertiary/aromatic N) is 3. The van der Waals surface area contributed by atoms with Crippen LogP contribution in [0.2, 0.25) is 0 Å². The van der Waals surface area contributed by atoms with Gasteiger partial charge in [-0.1, -0.05) is 0 Å². The number of hydrogen-bond donors (Lipinski definition) is 0. The monoisotopic (exact) mass is 415 g/mol. The first kappa shape index (κ1) is 20.3. The predicted molar refractivity (Wildman–Crippen MR) is 113 cm³/mol. The van der Waals surface area contributed by atoms with Gasteiger partial charge in [-0.2, -0.15) is 0 Å². The average molecular weight is 416 g/mol. The second-order valence-electron chi connectivity index (χ2n) is 11.2. The Labute approximate surface area is 180 Å². The molecule has 166 valence electrons. The number of hydrogen-bond acceptors (Lipinski definition) is 3. The molecule has 2 saturated heterocycles. The van der Waals surface area contributed by atoms with Crippen LogP contribution in [0.5, 0.6) is 0 Å². The lowest BCUT2D eigenvalue weighted by Gasteiger charge is -2.56. The summed E-state index contributed by atoms with van der Waals surface area (Å²) in [6.07, 6.45) is 8.54. The summed E-state index contributed by atoms with van der Waals surface area (Å²) in [4.78, 5) is 44.8. The lowest BCUT2D eigenvalue weighted by atomic mass is 9.49. The normalized spacial score (nSPS) is 38.5. The van der Waals surface area contributed by atoms with E-state index in [4.69, 9.17) is 0 Å². The van der Waals surface area contributed by atoms with E-state index >= 15 is 0 Å². The van der Waals surface area contributed by atoms with Crippen LogP contribution in [0.1, 0.15) is 65.2 Å². The molecule has 0 aromatic rings. The highest BCUT2D eigenvalue weighted by Crippen LogP contribution is 2.60. The fourth-order valence-corrected chi connectivity index (χ4v) is 7.70. The van der Waals surface area contributed by atoms with Crippen LogP contribution < -0.4 is 0 Å². The Morgan fingerprint density at radius 1 is 0.900 bits per heavy atom. The Bertz CT molecular complexity index is 698. The van der Waals surface area contributed by atoms with E-state index in [-0.39, 0.29) is 29.2 Å². The molecule has 30 heavy (non-hydrogen) atoms. The van der Waals surface area contributed by atoms with E-state index in [2.05, 4.69) is 4.90 Å². The van der Waals surface area contributed by atoms with Crippen LogP contribution in [0, 0.1) is 29.1 Å². The second kappa shape index (κ2) is 7.52. The van der Waals surface area contributed by atoms with Crippen LogP contribution >= 0.6 is 0 Å². The minimum Gasteiger partial charge on any atom is -0.341 e. The van der Waals surface area contributed by atoms with Gasteiger partial charge in [-0.05, 0) is 76.5 Å². The van der Waals surface area contributed by atoms with Gasteiger partial charge in [-0.15, -0.1) is 0 Å². The minimum atomic E-state index is -0.217. The van der Waals surface area contributed by atoms with Crippen molar-refractivity contribution in [2.75, 3.05) is 32.7 Å². The third kappa shape index (κ3) is 3.44. The number of carbonyl (C=O) groups is 3. The van der Waals surface area contributed by atoms with E-state index in [9.17, 15) is 14.4 Å². The van der Waals surface area contributed by atoms with Crippen molar-refractivity contribution < 1.29 is 14.4 Å². The van der Waals surface area contributed by atoms with Crippen molar-refractivity contribution >= 4 is 17.7 Å². The van der Waals surface area contributed by atoms with Crippen molar-refractivity contribution in [3.63, 3.8) is 0 Å². The molecule has 6 fully saturated rings. The number of likely N-dealkylation sites (tertiary alicyclic amines) is 1. The van der Waals surface area contributed by atoms with E-state index in [0.717, 1.165) is 50.0 Å². The third-order valence-electron chi connectivity index (χ3n) is 8.72. The SMILES string of the molecule is CC(C)N1CC(C(=O)N2CCCN(C(=O)C34CC5CC(CC(C5)C3)C4)CC2)CC1=O. The number of amides is 3. The van der Waals surface area contributed by atoms with Gasteiger partial charge in [0.05, 0.1) is 11.3 Å². The summed E-state index contributed by atoms with van der Waals surface area (Å²) >= 11 is 0. The molecule has 2 heterocycles. The maximum absolute atomic E-state index is 13.7. The smallest absolute Gasteiger partial charge is 0.228 e. The van der Waals surface area contributed by atoms with Crippen molar-refractivity contribution in [2.24, 2.45) is 29.1 Å². The predicted octanol–water partition coefficient (Wildman–Crippen LogP) is 2.52. The van der Waals surface area contributed by atoms with E-state index in [0.29, 0.717) is 38.5 Å². The van der Waals surface area contributed by atoms with Gasteiger partial charge in [0.25, 0.3) is 0 Å². The molecule has 2 aliphatic heterocycles.